The standard InChI is InChI=1S/C24H27N7O2/c32-14-13-30-9-11-31(12-10-30)23(33)22-16-17-15-18(4-5-19(17)28-22)27-24-26-8-6-21(29-24)20-3-1-2-7-25-20/h3-8,15-16,28,32H,1-2,9-14H2,(H,26,27,29). The number of aromatic amines is 1. The zero-order valence-electron chi connectivity index (χ0n) is 18.4. The molecule has 5 rings (SSSR count). The number of aliphatic imine (C=N–C) groups is 1. The Bertz CT molecular complexity index is 1210. The SMILES string of the molecule is O=C(c1cc2cc(Nc3nccc(C4=CCCC=N4)n3)ccc2[nH]1)N1CCN(CCO)CC1. The van der Waals surface area contributed by atoms with Crippen molar-refractivity contribution in [1.82, 2.24) is 24.8 Å². The zero-order valence-corrected chi connectivity index (χ0v) is 18.4. The van der Waals surface area contributed by atoms with Crippen molar-refractivity contribution >= 4 is 40.4 Å². The van der Waals surface area contributed by atoms with Gasteiger partial charge in [-0.2, -0.15) is 0 Å². The van der Waals surface area contributed by atoms with E-state index in [1.807, 2.05) is 41.4 Å². The molecule has 0 saturated carbocycles. The Kier molecular flexibility index (Phi) is 6.14. The molecule has 0 aliphatic carbocycles. The Labute approximate surface area is 191 Å². The Balaban J connectivity index is 1.29. The minimum absolute atomic E-state index is 0.00158. The first kappa shape index (κ1) is 21.3. The van der Waals surface area contributed by atoms with E-state index < -0.39 is 0 Å². The second-order valence-electron chi connectivity index (χ2n) is 8.21. The summed E-state index contributed by atoms with van der Waals surface area (Å²) in [6.07, 6.45) is 7.65. The summed E-state index contributed by atoms with van der Waals surface area (Å²) in [7, 11) is 0. The van der Waals surface area contributed by atoms with Crippen LogP contribution in [0.1, 0.15) is 29.0 Å². The number of nitrogens with one attached hydrogen (secondary N) is 2. The van der Waals surface area contributed by atoms with Gasteiger partial charge >= 0.3 is 0 Å². The van der Waals surface area contributed by atoms with Crippen LogP contribution in [-0.2, 0) is 0 Å². The third-order valence-electron chi connectivity index (χ3n) is 5.96. The summed E-state index contributed by atoms with van der Waals surface area (Å²) in [6.45, 7) is 3.68. The van der Waals surface area contributed by atoms with Crippen LogP contribution in [0.2, 0.25) is 0 Å². The van der Waals surface area contributed by atoms with E-state index in [-0.39, 0.29) is 12.5 Å². The molecule has 170 valence electrons. The molecule has 9 nitrogen and oxygen atoms in total. The number of hydrogen-bond acceptors (Lipinski definition) is 7. The molecule has 9 heteroatoms. The molecule has 1 saturated heterocycles. The lowest BCUT2D eigenvalue weighted by Crippen LogP contribution is -2.49. The fourth-order valence-electron chi connectivity index (χ4n) is 4.18. The lowest BCUT2D eigenvalue weighted by atomic mass is 10.2. The van der Waals surface area contributed by atoms with E-state index in [4.69, 9.17) is 5.11 Å². The lowest BCUT2D eigenvalue weighted by molar-refractivity contribution is 0.0610. The molecule has 0 bridgehead atoms. The number of amides is 1. The molecule has 1 aromatic carbocycles. The molecule has 4 heterocycles. The zero-order chi connectivity index (χ0) is 22.6. The number of carbonyl (C=O) groups excluding carboxylic acids is 1. The Morgan fingerprint density at radius 1 is 1.12 bits per heavy atom. The summed E-state index contributed by atoms with van der Waals surface area (Å²) in [5, 5.41) is 13.3. The van der Waals surface area contributed by atoms with Crippen molar-refractivity contribution in [2.75, 3.05) is 44.6 Å². The maximum absolute atomic E-state index is 13.0. The molecular weight excluding hydrogens is 418 g/mol. The van der Waals surface area contributed by atoms with Gasteiger partial charge in [-0.1, -0.05) is 6.08 Å². The summed E-state index contributed by atoms with van der Waals surface area (Å²) in [5.74, 6) is 0.503. The first-order valence-corrected chi connectivity index (χ1v) is 11.3. The van der Waals surface area contributed by atoms with E-state index in [0.29, 0.717) is 31.3 Å². The predicted molar refractivity (Wildman–Crippen MR) is 129 cm³/mol. The van der Waals surface area contributed by atoms with Crippen LogP contribution in [0, 0.1) is 0 Å². The van der Waals surface area contributed by atoms with Gasteiger partial charge in [-0.3, -0.25) is 14.7 Å². The topological polar surface area (TPSA) is 110 Å². The number of hydrogen-bond donors (Lipinski definition) is 3. The van der Waals surface area contributed by atoms with E-state index >= 15 is 0 Å². The second kappa shape index (κ2) is 9.51. The molecule has 3 aromatic rings. The highest BCUT2D eigenvalue weighted by molar-refractivity contribution is 5.98. The number of aliphatic hydroxyl groups is 1. The highest BCUT2D eigenvalue weighted by atomic mass is 16.3. The molecule has 2 aliphatic rings. The summed E-state index contributed by atoms with van der Waals surface area (Å²) in [6, 6.07) is 9.62. The van der Waals surface area contributed by atoms with Crippen molar-refractivity contribution in [1.29, 1.82) is 0 Å². The summed E-state index contributed by atoms with van der Waals surface area (Å²) in [4.78, 5) is 33.6. The molecular formula is C24H27N7O2. The van der Waals surface area contributed by atoms with E-state index in [2.05, 4.69) is 36.2 Å². The number of carbonyl (C=O) groups is 1. The third kappa shape index (κ3) is 4.79. The molecule has 1 amide bonds. The highest BCUT2D eigenvalue weighted by Crippen LogP contribution is 2.24. The summed E-state index contributed by atoms with van der Waals surface area (Å²) < 4.78 is 0. The monoisotopic (exact) mass is 445 g/mol. The van der Waals surface area contributed by atoms with E-state index in [0.717, 1.165) is 53.9 Å². The average molecular weight is 446 g/mol. The van der Waals surface area contributed by atoms with Gasteiger partial charge in [0.1, 0.15) is 5.69 Å². The smallest absolute Gasteiger partial charge is 0.270 e. The number of benzene rings is 1. The van der Waals surface area contributed by atoms with Crippen LogP contribution in [-0.4, -0.2) is 81.3 Å². The van der Waals surface area contributed by atoms with Crippen LogP contribution < -0.4 is 5.32 Å². The minimum atomic E-state index is 0.00158. The van der Waals surface area contributed by atoms with Crippen molar-refractivity contribution in [2.45, 2.75) is 12.8 Å². The van der Waals surface area contributed by atoms with Crippen molar-refractivity contribution in [3.05, 3.63) is 54.0 Å². The molecule has 0 atom stereocenters. The Hall–Kier alpha value is -3.56. The number of H-pyrrole nitrogens is 1. The quantitative estimate of drug-likeness (QED) is 0.538. The molecule has 0 radical (unpaired) electrons. The number of piperazine rings is 1. The number of nitrogens with zero attached hydrogens (tertiary/aromatic N) is 5. The number of allylic oxidation sites excluding steroid dienone is 1. The predicted octanol–water partition coefficient (Wildman–Crippen LogP) is 2.66. The van der Waals surface area contributed by atoms with Crippen LogP contribution in [0.25, 0.3) is 16.6 Å². The van der Waals surface area contributed by atoms with Crippen LogP contribution in [0.3, 0.4) is 0 Å². The van der Waals surface area contributed by atoms with Gasteiger partial charge in [0.15, 0.2) is 0 Å². The first-order valence-electron chi connectivity index (χ1n) is 11.3. The number of aromatic nitrogens is 3. The van der Waals surface area contributed by atoms with Gasteiger partial charge in [0.2, 0.25) is 5.95 Å². The Morgan fingerprint density at radius 3 is 2.79 bits per heavy atom. The van der Waals surface area contributed by atoms with Gasteiger partial charge in [0.25, 0.3) is 5.91 Å². The maximum Gasteiger partial charge on any atom is 0.270 e. The summed E-state index contributed by atoms with van der Waals surface area (Å²) in [5.41, 5.74) is 3.99. The van der Waals surface area contributed by atoms with E-state index in [1.54, 1.807) is 6.20 Å². The minimum Gasteiger partial charge on any atom is -0.395 e. The van der Waals surface area contributed by atoms with Gasteiger partial charge < -0.3 is 20.3 Å². The number of aliphatic hydroxyl groups excluding tert-OH is 1. The molecule has 2 aliphatic heterocycles. The molecule has 0 spiro atoms. The van der Waals surface area contributed by atoms with Crippen molar-refractivity contribution < 1.29 is 9.90 Å². The van der Waals surface area contributed by atoms with Crippen molar-refractivity contribution in [2.24, 2.45) is 4.99 Å². The van der Waals surface area contributed by atoms with Gasteiger partial charge in [0.05, 0.1) is 18.0 Å². The van der Waals surface area contributed by atoms with Crippen LogP contribution in [0.15, 0.2) is 47.6 Å². The van der Waals surface area contributed by atoms with E-state index in [9.17, 15) is 4.79 Å². The second-order valence-corrected chi connectivity index (χ2v) is 8.21. The number of rotatable bonds is 6. The van der Waals surface area contributed by atoms with Gasteiger partial charge in [0, 0.05) is 61.7 Å². The maximum atomic E-state index is 13.0. The van der Waals surface area contributed by atoms with Gasteiger partial charge in [-0.05, 0) is 43.2 Å². The fraction of sp³-hybridized carbons (Fsp3) is 0.333. The fourth-order valence-corrected chi connectivity index (χ4v) is 4.18. The third-order valence-corrected chi connectivity index (χ3v) is 5.96. The molecule has 2 aromatic heterocycles. The normalized spacial score (nSPS) is 16.8. The average Bonchev–Trinajstić information content (AvgIpc) is 3.28. The Morgan fingerprint density at radius 2 is 2.00 bits per heavy atom. The van der Waals surface area contributed by atoms with Crippen molar-refractivity contribution in [3.8, 4) is 0 Å². The van der Waals surface area contributed by atoms with E-state index in [1.165, 1.54) is 0 Å². The molecule has 1 fully saturated rings. The van der Waals surface area contributed by atoms with Gasteiger partial charge in [-0.25, -0.2) is 9.97 Å². The first-order chi connectivity index (χ1) is 16.2. The van der Waals surface area contributed by atoms with Crippen molar-refractivity contribution in [3.63, 3.8) is 0 Å². The van der Waals surface area contributed by atoms with Gasteiger partial charge in [-0.15, -0.1) is 0 Å². The number of anilines is 2. The molecule has 33 heavy (non-hydrogen) atoms. The highest BCUT2D eigenvalue weighted by Gasteiger charge is 2.23. The number of fused-ring (bicyclic) bond motifs is 1. The van der Waals surface area contributed by atoms with Crippen LogP contribution in [0.5, 0.6) is 0 Å². The lowest BCUT2D eigenvalue weighted by Gasteiger charge is -2.34. The summed E-state index contributed by atoms with van der Waals surface area (Å²) >= 11 is 0. The van der Waals surface area contributed by atoms with Crippen LogP contribution >= 0.6 is 0 Å². The molecule has 3 N–H and O–H groups in total. The van der Waals surface area contributed by atoms with Crippen LogP contribution in [0.4, 0.5) is 11.6 Å². The largest absolute Gasteiger partial charge is 0.395 e. The number of β-amino-alcohol motifs (C(OH)–C–C–N with tert-alkyl or cyclic N) is 1. The molecule has 0 unspecified atom stereocenters.